The lowest BCUT2D eigenvalue weighted by Crippen LogP contribution is -2.16. The number of benzene rings is 1. The maximum absolute atomic E-state index is 12.8. The maximum Gasteiger partial charge on any atom is 0.348 e. The van der Waals surface area contributed by atoms with Crippen molar-refractivity contribution in [1.82, 2.24) is 0 Å². The highest BCUT2D eigenvalue weighted by Gasteiger charge is 2.28. The fraction of sp³-hybridized carbons (Fsp3) is 0.238. The predicted molar refractivity (Wildman–Crippen MR) is 116 cm³/mol. The van der Waals surface area contributed by atoms with Gasteiger partial charge in [-0.05, 0) is 44.5 Å². The summed E-state index contributed by atoms with van der Waals surface area (Å²) in [7, 11) is 0. The zero-order valence-corrected chi connectivity index (χ0v) is 18.4. The van der Waals surface area contributed by atoms with Gasteiger partial charge in [0, 0.05) is 11.1 Å². The van der Waals surface area contributed by atoms with Crippen LogP contribution < -0.4 is 10.7 Å². The van der Waals surface area contributed by atoms with Gasteiger partial charge in [0.2, 0.25) is 0 Å². The number of hydrogen-bond donors (Lipinski definition) is 1. The minimum atomic E-state index is -0.767. The smallest absolute Gasteiger partial charge is 0.348 e. The molecule has 0 fully saturated rings. The van der Waals surface area contributed by atoms with Crippen molar-refractivity contribution in [2.24, 2.45) is 0 Å². The molecular weight excluding hydrogens is 446 g/mol. The molecule has 31 heavy (non-hydrogen) atoms. The van der Waals surface area contributed by atoms with E-state index in [1.807, 2.05) is 0 Å². The lowest BCUT2D eigenvalue weighted by molar-refractivity contribution is 0.0527. The molecule has 10 heteroatoms. The second-order valence-corrected chi connectivity index (χ2v) is 7.73. The minimum Gasteiger partial charge on any atom is -0.462 e. The number of carbonyl (C=O) groups is 3. The van der Waals surface area contributed by atoms with E-state index in [0.29, 0.717) is 10.6 Å². The van der Waals surface area contributed by atoms with E-state index in [1.54, 1.807) is 20.8 Å². The first kappa shape index (κ1) is 22.5. The van der Waals surface area contributed by atoms with Crippen LogP contribution in [0.1, 0.15) is 50.0 Å². The lowest BCUT2D eigenvalue weighted by Gasteiger charge is -2.07. The normalized spacial score (nSPS) is 10.7. The molecule has 8 nitrogen and oxygen atoms in total. The van der Waals surface area contributed by atoms with E-state index in [2.05, 4.69) is 5.32 Å². The number of nitrogens with one attached hydrogen (secondary N) is 1. The number of anilines is 1. The van der Waals surface area contributed by atoms with E-state index in [-0.39, 0.29) is 45.4 Å². The molecule has 0 saturated carbocycles. The van der Waals surface area contributed by atoms with Gasteiger partial charge in [0.1, 0.15) is 15.5 Å². The monoisotopic (exact) mass is 463 g/mol. The Bertz CT molecular complexity index is 1240. The van der Waals surface area contributed by atoms with Gasteiger partial charge < -0.3 is 19.2 Å². The molecule has 0 aliphatic heterocycles. The molecule has 3 rings (SSSR count). The number of fused-ring (bicyclic) bond motifs is 1. The SMILES string of the molecule is CCOC(=O)c1sc(NC(=O)c2cc(=O)c3cc(Cl)ccc3o2)c(C(=O)OCC)c1C. The van der Waals surface area contributed by atoms with E-state index < -0.39 is 23.3 Å². The van der Waals surface area contributed by atoms with Crippen LogP contribution in [0.5, 0.6) is 0 Å². The summed E-state index contributed by atoms with van der Waals surface area (Å²) >= 11 is 6.77. The Morgan fingerprint density at radius 2 is 1.77 bits per heavy atom. The largest absolute Gasteiger partial charge is 0.462 e. The van der Waals surface area contributed by atoms with Crippen LogP contribution in [-0.2, 0) is 9.47 Å². The van der Waals surface area contributed by atoms with Crippen LogP contribution in [-0.4, -0.2) is 31.1 Å². The third-order valence-corrected chi connectivity index (χ3v) is 5.65. The van der Waals surface area contributed by atoms with Crippen LogP contribution >= 0.6 is 22.9 Å². The summed E-state index contributed by atoms with van der Waals surface area (Å²) < 4.78 is 15.6. The Balaban J connectivity index is 2.02. The predicted octanol–water partition coefficient (Wildman–Crippen LogP) is 4.42. The summed E-state index contributed by atoms with van der Waals surface area (Å²) in [5.41, 5.74) is 0.0984. The Morgan fingerprint density at radius 1 is 1.10 bits per heavy atom. The average Bonchev–Trinajstić information content (AvgIpc) is 3.04. The number of ether oxygens (including phenoxy) is 2. The Hall–Kier alpha value is -3.17. The zero-order valence-electron chi connectivity index (χ0n) is 16.9. The molecular formula is C21H18ClNO7S. The topological polar surface area (TPSA) is 112 Å². The molecule has 0 atom stereocenters. The number of amides is 1. The van der Waals surface area contributed by atoms with Gasteiger partial charge in [0.25, 0.3) is 5.91 Å². The number of carbonyl (C=O) groups excluding carboxylic acids is 3. The van der Waals surface area contributed by atoms with Gasteiger partial charge >= 0.3 is 11.9 Å². The highest BCUT2D eigenvalue weighted by molar-refractivity contribution is 7.18. The quantitative estimate of drug-likeness (QED) is 0.538. The van der Waals surface area contributed by atoms with Crippen molar-refractivity contribution in [3.63, 3.8) is 0 Å². The lowest BCUT2D eigenvalue weighted by atomic mass is 10.1. The fourth-order valence-electron chi connectivity index (χ4n) is 2.85. The third kappa shape index (κ3) is 4.62. The van der Waals surface area contributed by atoms with E-state index in [4.69, 9.17) is 25.5 Å². The Morgan fingerprint density at radius 3 is 2.45 bits per heavy atom. The molecule has 0 radical (unpaired) electrons. The number of thiophene rings is 1. The van der Waals surface area contributed by atoms with E-state index in [0.717, 1.165) is 17.4 Å². The van der Waals surface area contributed by atoms with Gasteiger partial charge in [-0.15, -0.1) is 11.3 Å². The molecule has 0 aliphatic rings. The van der Waals surface area contributed by atoms with Crippen LogP contribution in [0.3, 0.4) is 0 Å². The Labute approximate surface area is 185 Å². The maximum atomic E-state index is 12.8. The van der Waals surface area contributed by atoms with Crippen molar-refractivity contribution in [3.05, 3.63) is 61.3 Å². The van der Waals surface area contributed by atoms with E-state index in [9.17, 15) is 19.2 Å². The number of hydrogen-bond acceptors (Lipinski definition) is 8. The number of rotatable bonds is 6. The summed E-state index contributed by atoms with van der Waals surface area (Å²) in [6.45, 7) is 5.12. The molecule has 0 aliphatic carbocycles. The molecule has 0 bridgehead atoms. The van der Waals surface area contributed by atoms with Crippen LogP contribution in [0.2, 0.25) is 5.02 Å². The second kappa shape index (κ2) is 9.32. The van der Waals surface area contributed by atoms with Gasteiger partial charge in [-0.25, -0.2) is 9.59 Å². The molecule has 1 aromatic carbocycles. The van der Waals surface area contributed by atoms with Crippen molar-refractivity contribution in [2.45, 2.75) is 20.8 Å². The number of esters is 2. The van der Waals surface area contributed by atoms with Gasteiger partial charge in [0.15, 0.2) is 11.2 Å². The summed E-state index contributed by atoms with van der Waals surface area (Å²) in [4.78, 5) is 50.0. The average molecular weight is 464 g/mol. The molecule has 162 valence electrons. The molecule has 0 spiro atoms. The first-order valence-electron chi connectivity index (χ1n) is 9.29. The molecule has 1 amide bonds. The zero-order chi connectivity index (χ0) is 22.7. The van der Waals surface area contributed by atoms with Gasteiger partial charge in [0.05, 0.1) is 24.2 Å². The summed E-state index contributed by atoms with van der Waals surface area (Å²) in [5.74, 6) is -2.35. The fourth-order valence-corrected chi connectivity index (χ4v) is 4.10. The standard InChI is InChI=1S/C21H18ClNO7S/c1-4-28-20(26)16-10(3)17(21(27)29-5-2)31-19(16)23-18(25)15-9-13(24)12-8-11(22)6-7-14(12)30-15/h6-9H,4-5H2,1-3H3,(H,23,25). The van der Waals surface area contributed by atoms with E-state index >= 15 is 0 Å². The highest BCUT2D eigenvalue weighted by Crippen LogP contribution is 2.34. The van der Waals surface area contributed by atoms with Crippen LogP contribution in [0.25, 0.3) is 11.0 Å². The van der Waals surface area contributed by atoms with Crippen molar-refractivity contribution < 1.29 is 28.3 Å². The van der Waals surface area contributed by atoms with Gasteiger partial charge in [-0.2, -0.15) is 0 Å². The summed E-state index contributed by atoms with van der Waals surface area (Å²) in [6.07, 6.45) is 0. The Kier molecular flexibility index (Phi) is 6.77. The van der Waals surface area contributed by atoms with Crippen LogP contribution in [0.15, 0.2) is 33.5 Å². The summed E-state index contributed by atoms with van der Waals surface area (Å²) in [6, 6.07) is 5.48. The summed E-state index contributed by atoms with van der Waals surface area (Å²) in [5, 5.41) is 3.21. The second-order valence-electron chi connectivity index (χ2n) is 6.27. The molecule has 0 unspecified atom stereocenters. The molecule has 2 aromatic heterocycles. The van der Waals surface area contributed by atoms with E-state index in [1.165, 1.54) is 18.2 Å². The third-order valence-electron chi connectivity index (χ3n) is 4.23. The molecule has 1 N–H and O–H groups in total. The first-order chi connectivity index (χ1) is 14.8. The van der Waals surface area contributed by atoms with Gasteiger partial charge in [-0.1, -0.05) is 11.6 Å². The van der Waals surface area contributed by atoms with Crippen molar-refractivity contribution >= 4 is 56.8 Å². The highest BCUT2D eigenvalue weighted by atomic mass is 35.5. The molecule has 3 aromatic rings. The van der Waals surface area contributed by atoms with Crippen molar-refractivity contribution in [2.75, 3.05) is 18.5 Å². The first-order valence-corrected chi connectivity index (χ1v) is 10.5. The van der Waals surface area contributed by atoms with Crippen molar-refractivity contribution in [1.29, 1.82) is 0 Å². The molecule has 2 heterocycles. The van der Waals surface area contributed by atoms with Gasteiger partial charge in [-0.3, -0.25) is 9.59 Å². The minimum absolute atomic E-state index is 0.0400. The van der Waals surface area contributed by atoms with Crippen molar-refractivity contribution in [3.8, 4) is 0 Å². The number of halogens is 1. The molecule has 0 saturated heterocycles. The van der Waals surface area contributed by atoms with Crippen LogP contribution in [0.4, 0.5) is 5.00 Å². The van der Waals surface area contributed by atoms with Crippen LogP contribution in [0, 0.1) is 6.92 Å².